The van der Waals surface area contributed by atoms with E-state index in [1.54, 1.807) is 12.1 Å². The van der Waals surface area contributed by atoms with Crippen LogP contribution in [-0.4, -0.2) is 86.9 Å². The minimum atomic E-state index is -0.0278. The van der Waals surface area contributed by atoms with E-state index < -0.39 is 0 Å². The molecule has 3 heterocycles. The number of ether oxygens (including phenoxy) is 2. The van der Waals surface area contributed by atoms with Crippen molar-refractivity contribution in [1.29, 1.82) is 5.26 Å². The first-order chi connectivity index (χ1) is 14.2. The number of likely N-dealkylation sites (tertiary alicyclic amines) is 1. The Morgan fingerprint density at radius 3 is 2.45 bits per heavy atom. The highest BCUT2D eigenvalue weighted by atomic mass is 16.5. The largest absolute Gasteiger partial charge is 0.379 e. The summed E-state index contributed by atoms with van der Waals surface area (Å²) in [5.74, 6) is 0.182. The standard InChI is InChI=1S/C22H30N4O3/c23-17-18-1-3-19(4-2-18)26-10-7-21(22(26)27)25-8-5-20(6-9-25)29-16-13-24-11-14-28-15-12-24/h1-4,20-21H,5-16H2/t21-/m0/s1. The Morgan fingerprint density at radius 1 is 1.03 bits per heavy atom. The number of nitriles is 1. The van der Waals surface area contributed by atoms with E-state index in [4.69, 9.17) is 14.7 Å². The Morgan fingerprint density at radius 2 is 1.76 bits per heavy atom. The fourth-order valence-corrected chi connectivity index (χ4v) is 4.50. The Labute approximate surface area is 172 Å². The summed E-state index contributed by atoms with van der Waals surface area (Å²) in [4.78, 5) is 19.5. The second kappa shape index (κ2) is 9.68. The number of hydrogen-bond acceptors (Lipinski definition) is 6. The Bertz CT molecular complexity index is 719. The number of morpholine rings is 1. The average Bonchev–Trinajstić information content (AvgIpc) is 3.16. The third-order valence-corrected chi connectivity index (χ3v) is 6.27. The van der Waals surface area contributed by atoms with Crippen LogP contribution in [0.5, 0.6) is 0 Å². The van der Waals surface area contributed by atoms with E-state index in [0.717, 1.165) is 84.0 Å². The summed E-state index contributed by atoms with van der Waals surface area (Å²) in [5.41, 5.74) is 1.51. The van der Waals surface area contributed by atoms with E-state index in [1.807, 2.05) is 17.0 Å². The van der Waals surface area contributed by atoms with Gasteiger partial charge in [-0.2, -0.15) is 5.26 Å². The van der Waals surface area contributed by atoms with Crippen LogP contribution in [0, 0.1) is 11.3 Å². The first kappa shape index (κ1) is 20.3. The molecule has 0 radical (unpaired) electrons. The van der Waals surface area contributed by atoms with Crippen LogP contribution in [0.1, 0.15) is 24.8 Å². The number of benzene rings is 1. The molecule has 0 aliphatic carbocycles. The second-order valence-electron chi connectivity index (χ2n) is 8.01. The normalized spacial score (nSPS) is 24.7. The van der Waals surface area contributed by atoms with E-state index in [9.17, 15) is 4.79 Å². The SMILES string of the molecule is N#Cc1ccc(N2CC[C@H](N3CCC(OCCN4CCOCC4)CC3)C2=O)cc1. The van der Waals surface area contributed by atoms with Crippen LogP contribution < -0.4 is 4.90 Å². The molecule has 0 bridgehead atoms. The molecule has 3 saturated heterocycles. The van der Waals surface area contributed by atoms with Gasteiger partial charge in [0.05, 0.1) is 43.6 Å². The van der Waals surface area contributed by atoms with Gasteiger partial charge in [-0.05, 0) is 43.5 Å². The molecule has 4 rings (SSSR count). The highest BCUT2D eigenvalue weighted by Crippen LogP contribution is 2.27. The number of hydrogen-bond donors (Lipinski definition) is 0. The van der Waals surface area contributed by atoms with Gasteiger partial charge in [-0.1, -0.05) is 0 Å². The summed E-state index contributed by atoms with van der Waals surface area (Å²) >= 11 is 0. The maximum Gasteiger partial charge on any atom is 0.244 e. The molecule has 1 aromatic carbocycles. The molecule has 0 N–H and O–H groups in total. The van der Waals surface area contributed by atoms with Gasteiger partial charge in [0.2, 0.25) is 5.91 Å². The molecular weight excluding hydrogens is 368 g/mol. The molecular formula is C22H30N4O3. The fraction of sp³-hybridized carbons (Fsp3) is 0.636. The quantitative estimate of drug-likeness (QED) is 0.723. The molecule has 3 aliphatic heterocycles. The lowest BCUT2D eigenvalue weighted by Gasteiger charge is -2.35. The van der Waals surface area contributed by atoms with Crippen molar-refractivity contribution in [3.8, 4) is 6.07 Å². The smallest absolute Gasteiger partial charge is 0.244 e. The van der Waals surface area contributed by atoms with Gasteiger partial charge in [0.1, 0.15) is 0 Å². The van der Waals surface area contributed by atoms with Crippen molar-refractivity contribution in [3.63, 3.8) is 0 Å². The summed E-state index contributed by atoms with van der Waals surface area (Å²) in [7, 11) is 0. The third-order valence-electron chi connectivity index (χ3n) is 6.27. The number of rotatable bonds is 6. The molecule has 0 unspecified atom stereocenters. The van der Waals surface area contributed by atoms with Gasteiger partial charge in [-0.25, -0.2) is 0 Å². The van der Waals surface area contributed by atoms with Crippen molar-refractivity contribution in [2.75, 3.05) is 64.0 Å². The second-order valence-corrected chi connectivity index (χ2v) is 8.01. The van der Waals surface area contributed by atoms with Gasteiger partial charge in [-0.3, -0.25) is 14.6 Å². The Balaban J connectivity index is 1.21. The number of anilines is 1. The van der Waals surface area contributed by atoms with Crippen molar-refractivity contribution in [3.05, 3.63) is 29.8 Å². The zero-order chi connectivity index (χ0) is 20.1. The predicted octanol–water partition coefficient (Wildman–Crippen LogP) is 1.48. The maximum absolute atomic E-state index is 13.0. The number of amides is 1. The van der Waals surface area contributed by atoms with Crippen LogP contribution in [0.4, 0.5) is 5.69 Å². The third kappa shape index (κ3) is 4.96. The molecule has 3 aliphatic rings. The maximum atomic E-state index is 13.0. The van der Waals surface area contributed by atoms with Crippen LogP contribution in [0.25, 0.3) is 0 Å². The Kier molecular flexibility index (Phi) is 6.78. The topological polar surface area (TPSA) is 69.0 Å². The highest BCUT2D eigenvalue weighted by molar-refractivity contribution is 5.99. The van der Waals surface area contributed by atoms with E-state index in [1.165, 1.54) is 0 Å². The van der Waals surface area contributed by atoms with Gasteiger partial charge in [-0.15, -0.1) is 0 Å². The molecule has 1 atom stereocenters. The van der Waals surface area contributed by atoms with Crippen LogP contribution in [0.15, 0.2) is 24.3 Å². The van der Waals surface area contributed by atoms with Gasteiger partial charge in [0.15, 0.2) is 0 Å². The number of carbonyl (C=O) groups is 1. The molecule has 0 spiro atoms. The number of piperidine rings is 1. The van der Waals surface area contributed by atoms with Crippen molar-refractivity contribution < 1.29 is 14.3 Å². The summed E-state index contributed by atoms with van der Waals surface area (Å²) in [6.45, 7) is 7.98. The van der Waals surface area contributed by atoms with Crippen LogP contribution in [0.3, 0.4) is 0 Å². The van der Waals surface area contributed by atoms with E-state index >= 15 is 0 Å². The zero-order valence-electron chi connectivity index (χ0n) is 17.0. The molecule has 0 aromatic heterocycles. The molecule has 1 amide bonds. The van der Waals surface area contributed by atoms with Gasteiger partial charge < -0.3 is 14.4 Å². The van der Waals surface area contributed by atoms with Crippen molar-refractivity contribution >= 4 is 11.6 Å². The summed E-state index contributed by atoms with van der Waals surface area (Å²) in [5, 5.41) is 8.94. The van der Waals surface area contributed by atoms with Gasteiger partial charge in [0.25, 0.3) is 0 Å². The molecule has 0 saturated carbocycles. The Hall–Kier alpha value is -1.98. The molecule has 156 valence electrons. The predicted molar refractivity (Wildman–Crippen MR) is 110 cm³/mol. The summed E-state index contributed by atoms with van der Waals surface area (Å²) < 4.78 is 11.5. The monoisotopic (exact) mass is 398 g/mol. The minimum Gasteiger partial charge on any atom is -0.379 e. The van der Waals surface area contributed by atoms with E-state index in [-0.39, 0.29) is 11.9 Å². The average molecular weight is 399 g/mol. The molecule has 1 aromatic rings. The molecule has 7 nitrogen and oxygen atoms in total. The molecule has 29 heavy (non-hydrogen) atoms. The highest BCUT2D eigenvalue weighted by Gasteiger charge is 2.38. The van der Waals surface area contributed by atoms with E-state index in [2.05, 4.69) is 15.9 Å². The van der Waals surface area contributed by atoms with Crippen LogP contribution >= 0.6 is 0 Å². The van der Waals surface area contributed by atoms with Crippen molar-refractivity contribution in [2.45, 2.75) is 31.4 Å². The van der Waals surface area contributed by atoms with Gasteiger partial charge >= 0.3 is 0 Å². The van der Waals surface area contributed by atoms with Crippen LogP contribution in [-0.2, 0) is 14.3 Å². The summed E-state index contributed by atoms with van der Waals surface area (Å²) in [6, 6.07) is 9.38. The van der Waals surface area contributed by atoms with Crippen molar-refractivity contribution in [2.24, 2.45) is 0 Å². The van der Waals surface area contributed by atoms with Crippen LogP contribution in [0.2, 0.25) is 0 Å². The van der Waals surface area contributed by atoms with Crippen molar-refractivity contribution in [1.82, 2.24) is 9.80 Å². The number of carbonyl (C=O) groups excluding carboxylic acids is 1. The first-order valence-electron chi connectivity index (χ1n) is 10.7. The fourth-order valence-electron chi connectivity index (χ4n) is 4.50. The lowest BCUT2D eigenvalue weighted by molar-refractivity contribution is -0.122. The first-order valence-corrected chi connectivity index (χ1v) is 10.7. The van der Waals surface area contributed by atoms with E-state index in [0.29, 0.717) is 11.7 Å². The lowest BCUT2D eigenvalue weighted by atomic mass is 10.0. The molecule has 7 heteroatoms. The lowest BCUT2D eigenvalue weighted by Crippen LogP contribution is -2.47. The summed E-state index contributed by atoms with van der Waals surface area (Å²) in [6.07, 6.45) is 3.15. The van der Waals surface area contributed by atoms with Gasteiger partial charge in [0, 0.05) is 45.0 Å². The number of nitrogens with zero attached hydrogens (tertiary/aromatic N) is 4. The zero-order valence-corrected chi connectivity index (χ0v) is 17.0. The minimum absolute atomic E-state index is 0.0278. The molecule has 3 fully saturated rings.